The van der Waals surface area contributed by atoms with E-state index in [9.17, 15) is 9.90 Å². The summed E-state index contributed by atoms with van der Waals surface area (Å²) >= 11 is 0. The number of rotatable bonds is 4. The summed E-state index contributed by atoms with van der Waals surface area (Å²) < 4.78 is 5.63. The van der Waals surface area contributed by atoms with Crippen LogP contribution in [-0.4, -0.2) is 19.4 Å². The number of carbonyl (C=O) groups excluding carboxylic acids is 1. The molecule has 0 saturated heterocycles. The average molecular weight is 280 g/mol. The summed E-state index contributed by atoms with van der Waals surface area (Å²) in [6.45, 7) is 10.3. The molecule has 1 unspecified atom stereocenters. The van der Waals surface area contributed by atoms with Gasteiger partial charge in [0.05, 0.1) is 12.5 Å². The van der Waals surface area contributed by atoms with Gasteiger partial charge in [-0.2, -0.15) is 0 Å². The Kier molecular flexibility index (Phi) is 4.93. The molecule has 106 valence electrons. The van der Waals surface area contributed by atoms with Crippen molar-refractivity contribution in [3.8, 4) is 0 Å². The smallest absolute Gasteiger partial charge is 0.295 e. The first-order valence-corrected chi connectivity index (χ1v) is 9.49. The van der Waals surface area contributed by atoms with Crippen LogP contribution in [0.1, 0.15) is 38.9 Å². The van der Waals surface area contributed by atoms with Gasteiger partial charge in [-0.3, -0.25) is 4.79 Å². The minimum absolute atomic E-state index is 0.0104. The van der Waals surface area contributed by atoms with Gasteiger partial charge in [0, 0.05) is 0 Å². The van der Waals surface area contributed by atoms with E-state index in [-0.39, 0.29) is 17.4 Å². The van der Waals surface area contributed by atoms with Crippen molar-refractivity contribution in [1.82, 2.24) is 0 Å². The van der Waals surface area contributed by atoms with E-state index in [4.69, 9.17) is 4.43 Å². The molecule has 0 bridgehead atoms. The predicted octanol–water partition coefficient (Wildman–Crippen LogP) is 3.66. The fourth-order valence-electron chi connectivity index (χ4n) is 1.43. The van der Waals surface area contributed by atoms with Crippen LogP contribution in [0.5, 0.6) is 0 Å². The number of aliphatic hydroxyl groups is 1. The van der Waals surface area contributed by atoms with Crippen molar-refractivity contribution in [3.63, 3.8) is 0 Å². The summed E-state index contributed by atoms with van der Waals surface area (Å²) in [6.07, 6.45) is -0.783. The zero-order chi connectivity index (χ0) is 14.7. The first-order chi connectivity index (χ1) is 8.63. The van der Waals surface area contributed by atoms with Crippen LogP contribution in [0.15, 0.2) is 30.3 Å². The number of hydrogen-bond donors (Lipinski definition) is 1. The SMILES string of the molecule is CC(C)(C)[Si](C)(C)OC(=O)CC(O)c1ccccc1. The predicted molar refractivity (Wildman–Crippen MR) is 79.3 cm³/mol. The number of carbonyl (C=O) groups is 1. The molecule has 1 rings (SSSR count). The molecule has 1 atom stereocenters. The molecular formula is C15H24O3Si. The molecule has 0 saturated carbocycles. The Balaban J connectivity index is 2.62. The summed E-state index contributed by atoms with van der Waals surface area (Å²) in [7, 11) is -2.10. The molecule has 0 aromatic heterocycles. The Hall–Kier alpha value is -1.13. The van der Waals surface area contributed by atoms with Gasteiger partial charge in [0.2, 0.25) is 0 Å². The largest absolute Gasteiger partial charge is 0.519 e. The van der Waals surface area contributed by atoms with E-state index in [2.05, 4.69) is 20.8 Å². The Bertz CT molecular complexity index is 421. The highest BCUT2D eigenvalue weighted by atomic mass is 28.4. The highest BCUT2D eigenvalue weighted by molar-refractivity contribution is 6.75. The maximum Gasteiger partial charge on any atom is 0.295 e. The first-order valence-electron chi connectivity index (χ1n) is 6.58. The van der Waals surface area contributed by atoms with Gasteiger partial charge >= 0.3 is 0 Å². The third-order valence-corrected chi connectivity index (χ3v) is 8.07. The van der Waals surface area contributed by atoms with Crippen molar-refractivity contribution in [2.24, 2.45) is 0 Å². The molecule has 0 aliphatic carbocycles. The summed E-state index contributed by atoms with van der Waals surface area (Å²) in [6, 6.07) is 9.19. The third kappa shape index (κ3) is 4.47. The van der Waals surface area contributed by atoms with E-state index >= 15 is 0 Å². The standard InChI is InChI=1S/C15H24O3Si/c1-15(2,3)19(4,5)18-14(17)11-13(16)12-9-7-6-8-10-12/h6-10,13,16H,11H2,1-5H3. The van der Waals surface area contributed by atoms with Crippen molar-refractivity contribution in [1.29, 1.82) is 0 Å². The zero-order valence-corrected chi connectivity index (χ0v) is 13.4. The van der Waals surface area contributed by atoms with Gasteiger partial charge in [0.15, 0.2) is 0 Å². The molecule has 1 aromatic rings. The summed E-state index contributed by atoms with van der Waals surface area (Å²) in [5.74, 6) is -0.317. The van der Waals surface area contributed by atoms with Gasteiger partial charge < -0.3 is 9.53 Å². The van der Waals surface area contributed by atoms with E-state index in [1.165, 1.54) is 0 Å². The molecule has 0 fully saturated rings. The van der Waals surface area contributed by atoms with Crippen LogP contribution >= 0.6 is 0 Å². The minimum Gasteiger partial charge on any atom is -0.519 e. The van der Waals surface area contributed by atoms with E-state index in [0.717, 1.165) is 5.56 Å². The molecule has 4 heteroatoms. The quantitative estimate of drug-likeness (QED) is 0.856. The molecule has 0 heterocycles. The van der Waals surface area contributed by atoms with Gasteiger partial charge in [0.25, 0.3) is 14.3 Å². The molecule has 0 aliphatic rings. The van der Waals surface area contributed by atoms with Gasteiger partial charge in [-0.15, -0.1) is 0 Å². The fraction of sp³-hybridized carbons (Fsp3) is 0.533. The number of aliphatic hydroxyl groups excluding tert-OH is 1. The van der Waals surface area contributed by atoms with Crippen molar-refractivity contribution >= 4 is 14.3 Å². The molecule has 1 aromatic carbocycles. The first kappa shape index (κ1) is 15.9. The number of hydrogen-bond acceptors (Lipinski definition) is 3. The summed E-state index contributed by atoms with van der Waals surface area (Å²) in [5.41, 5.74) is 0.745. The van der Waals surface area contributed by atoms with Crippen LogP contribution < -0.4 is 0 Å². The maximum absolute atomic E-state index is 11.9. The Morgan fingerprint density at radius 1 is 1.26 bits per heavy atom. The van der Waals surface area contributed by atoms with Gasteiger partial charge in [0.1, 0.15) is 0 Å². The molecule has 0 amide bonds. The van der Waals surface area contributed by atoms with Crippen LogP contribution in [0.4, 0.5) is 0 Å². The Morgan fingerprint density at radius 2 is 1.79 bits per heavy atom. The second-order valence-electron chi connectivity index (χ2n) is 6.36. The van der Waals surface area contributed by atoms with E-state index in [0.29, 0.717) is 0 Å². The van der Waals surface area contributed by atoms with Crippen molar-refractivity contribution in [3.05, 3.63) is 35.9 Å². The molecule has 0 aliphatic heterocycles. The van der Waals surface area contributed by atoms with Gasteiger partial charge in [-0.1, -0.05) is 51.1 Å². The maximum atomic E-state index is 11.9. The van der Waals surface area contributed by atoms with Crippen LogP contribution in [0.2, 0.25) is 18.1 Å². The molecule has 0 radical (unpaired) electrons. The molecular weight excluding hydrogens is 256 g/mol. The Morgan fingerprint density at radius 3 is 2.26 bits per heavy atom. The van der Waals surface area contributed by atoms with E-state index in [1.807, 2.05) is 43.4 Å². The summed E-state index contributed by atoms with van der Waals surface area (Å²) in [4.78, 5) is 11.9. The fourth-order valence-corrected chi connectivity index (χ4v) is 2.39. The number of benzene rings is 1. The molecule has 1 N–H and O–H groups in total. The lowest BCUT2D eigenvalue weighted by atomic mass is 10.1. The van der Waals surface area contributed by atoms with Crippen LogP contribution in [0.25, 0.3) is 0 Å². The third-order valence-electron chi connectivity index (χ3n) is 3.72. The van der Waals surface area contributed by atoms with Crippen LogP contribution in [-0.2, 0) is 9.22 Å². The van der Waals surface area contributed by atoms with Gasteiger partial charge in [-0.25, -0.2) is 0 Å². The van der Waals surface area contributed by atoms with Crippen molar-refractivity contribution in [2.45, 2.75) is 51.4 Å². The molecule has 19 heavy (non-hydrogen) atoms. The van der Waals surface area contributed by atoms with E-state index < -0.39 is 14.4 Å². The minimum atomic E-state index is -2.10. The normalized spacial score (nSPS) is 14.0. The molecule has 3 nitrogen and oxygen atoms in total. The second kappa shape index (κ2) is 5.88. The van der Waals surface area contributed by atoms with E-state index in [1.54, 1.807) is 0 Å². The lowest BCUT2D eigenvalue weighted by molar-refractivity contribution is -0.137. The van der Waals surface area contributed by atoms with Crippen LogP contribution in [0.3, 0.4) is 0 Å². The van der Waals surface area contributed by atoms with Crippen molar-refractivity contribution < 1.29 is 14.3 Å². The molecule has 0 spiro atoms. The monoisotopic (exact) mass is 280 g/mol. The average Bonchev–Trinajstić information content (AvgIpc) is 2.27. The van der Waals surface area contributed by atoms with Gasteiger partial charge in [-0.05, 0) is 23.7 Å². The topological polar surface area (TPSA) is 46.5 Å². The lowest BCUT2D eigenvalue weighted by Crippen LogP contribution is -2.42. The van der Waals surface area contributed by atoms with Crippen LogP contribution in [0, 0.1) is 0 Å². The zero-order valence-electron chi connectivity index (χ0n) is 12.4. The highest BCUT2D eigenvalue weighted by Gasteiger charge is 2.40. The summed E-state index contributed by atoms with van der Waals surface area (Å²) in [5, 5.41) is 9.99. The highest BCUT2D eigenvalue weighted by Crippen LogP contribution is 2.37. The van der Waals surface area contributed by atoms with Crippen molar-refractivity contribution in [2.75, 3.05) is 0 Å². The lowest BCUT2D eigenvalue weighted by Gasteiger charge is -2.35. The second-order valence-corrected chi connectivity index (χ2v) is 11.1. The Labute approximate surface area is 116 Å².